The molecule has 4 heterocycles. The molecule has 0 N–H and O–H groups in total. The van der Waals surface area contributed by atoms with Crippen molar-refractivity contribution in [3.8, 4) is 33.6 Å². The third kappa shape index (κ3) is 3.54. The largest absolute Gasteiger partial charge is 0.316 e. The maximum Gasteiger partial charge on any atom is 0.0635 e. The first-order valence-corrected chi connectivity index (χ1v) is 13.4. The fraction of sp³-hybridized carbons (Fsp3) is 0. The van der Waals surface area contributed by atoms with Crippen LogP contribution >= 0.6 is 0 Å². The number of hydrogen-bond acceptors (Lipinski definition) is 2. The zero-order valence-electron chi connectivity index (χ0n) is 21.6. The second-order valence-electron chi connectivity index (χ2n) is 10.0. The van der Waals surface area contributed by atoms with Crippen LogP contribution in [-0.2, 0) is 0 Å². The van der Waals surface area contributed by atoms with Crippen LogP contribution < -0.4 is 0 Å². The number of fused-ring (bicyclic) bond motifs is 5. The minimum atomic E-state index is 1.08. The molecule has 4 heteroatoms. The minimum absolute atomic E-state index is 1.08. The zero-order valence-corrected chi connectivity index (χ0v) is 21.6. The van der Waals surface area contributed by atoms with Crippen LogP contribution in [0.4, 0.5) is 0 Å². The number of benzene rings is 4. The smallest absolute Gasteiger partial charge is 0.0635 e. The van der Waals surface area contributed by atoms with E-state index in [9.17, 15) is 0 Å². The fourth-order valence-electron chi connectivity index (χ4n) is 5.90. The molecule has 40 heavy (non-hydrogen) atoms. The average Bonchev–Trinajstić information content (AvgIpc) is 3.62. The number of pyridine rings is 2. The van der Waals surface area contributed by atoms with Crippen LogP contribution in [0.3, 0.4) is 0 Å². The van der Waals surface area contributed by atoms with Crippen LogP contribution in [0.15, 0.2) is 146 Å². The molecule has 0 unspecified atom stereocenters. The summed E-state index contributed by atoms with van der Waals surface area (Å²) in [5.74, 6) is 0. The monoisotopic (exact) mass is 512 g/mol. The van der Waals surface area contributed by atoms with E-state index in [0.29, 0.717) is 0 Å². The average molecular weight is 513 g/mol. The van der Waals surface area contributed by atoms with Gasteiger partial charge in [0.25, 0.3) is 0 Å². The van der Waals surface area contributed by atoms with E-state index >= 15 is 0 Å². The molecule has 0 aliphatic heterocycles. The highest BCUT2D eigenvalue weighted by Gasteiger charge is 2.17. The Morgan fingerprint density at radius 2 is 1.15 bits per heavy atom. The molecule has 4 nitrogen and oxygen atoms in total. The first kappa shape index (κ1) is 22.5. The summed E-state index contributed by atoms with van der Waals surface area (Å²) in [6, 6.07) is 40.9. The Labute approximate surface area is 231 Å². The van der Waals surface area contributed by atoms with Gasteiger partial charge in [0.15, 0.2) is 0 Å². The van der Waals surface area contributed by atoms with Crippen molar-refractivity contribution in [1.29, 1.82) is 0 Å². The van der Waals surface area contributed by atoms with Gasteiger partial charge in [-0.15, -0.1) is 0 Å². The van der Waals surface area contributed by atoms with E-state index in [2.05, 4.69) is 128 Å². The molecule has 0 saturated carbocycles. The zero-order chi connectivity index (χ0) is 26.5. The lowest BCUT2D eigenvalue weighted by Gasteiger charge is -2.13. The minimum Gasteiger partial charge on any atom is -0.316 e. The van der Waals surface area contributed by atoms with Crippen LogP contribution in [0, 0.1) is 0 Å². The molecule has 0 bridgehead atoms. The lowest BCUT2D eigenvalue weighted by molar-refractivity contribution is 1.13. The van der Waals surface area contributed by atoms with E-state index in [1.54, 1.807) is 0 Å². The van der Waals surface area contributed by atoms with Crippen molar-refractivity contribution in [2.45, 2.75) is 0 Å². The number of aromatic nitrogens is 4. The van der Waals surface area contributed by atoms with Gasteiger partial charge < -0.3 is 9.13 Å². The normalized spacial score (nSPS) is 11.5. The van der Waals surface area contributed by atoms with Gasteiger partial charge in [0.1, 0.15) is 0 Å². The van der Waals surface area contributed by atoms with Crippen molar-refractivity contribution in [3.05, 3.63) is 146 Å². The van der Waals surface area contributed by atoms with Gasteiger partial charge in [-0.25, -0.2) is 0 Å². The second kappa shape index (κ2) is 9.07. The molecule has 8 rings (SSSR count). The Morgan fingerprint density at radius 1 is 0.450 bits per heavy atom. The van der Waals surface area contributed by atoms with Gasteiger partial charge in [-0.3, -0.25) is 9.97 Å². The summed E-state index contributed by atoms with van der Waals surface area (Å²) in [7, 11) is 0. The maximum absolute atomic E-state index is 4.38. The Morgan fingerprint density at radius 3 is 1.85 bits per heavy atom. The maximum atomic E-state index is 4.38. The van der Waals surface area contributed by atoms with Gasteiger partial charge >= 0.3 is 0 Å². The molecule has 0 fully saturated rings. The SMILES string of the molecule is c1ccc(-n2c3ccccc3c3ccc4c(ccn4-c4cc(-c5cccnc5)cc(-c5cccnc5)c4)c32)cc1. The summed E-state index contributed by atoms with van der Waals surface area (Å²) in [5.41, 5.74) is 10.2. The Hall–Kier alpha value is -5.48. The second-order valence-corrected chi connectivity index (χ2v) is 10.0. The quantitative estimate of drug-likeness (QED) is 0.236. The van der Waals surface area contributed by atoms with E-state index < -0.39 is 0 Å². The van der Waals surface area contributed by atoms with Gasteiger partial charge in [0.05, 0.1) is 16.6 Å². The highest BCUT2D eigenvalue weighted by molar-refractivity contribution is 6.18. The van der Waals surface area contributed by atoms with Crippen molar-refractivity contribution >= 4 is 32.7 Å². The Balaban J connectivity index is 1.41. The van der Waals surface area contributed by atoms with Gasteiger partial charge in [0.2, 0.25) is 0 Å². The number of nitrogens with zero attached hydrogens (tertiary/aromatic N) is 4. The van der Waals surface area contributed by atoms with Gasteiger partial charge in [-0.2, -0.15) is 0 Å². The summed E-state index contributed by atoms with van der Waals surface area (Å²) >= 11 is 0. The standard InChI is InChI=1S/C36H24N4/c1-2-10-29(11-3-1)40-35-13-5-4-12-31(35)32-14-15-34-33(36(32)40)16-19-39(34)30-21-27(25-8-6-17-37-23-25)20-28(22-30)26-9-7-18-38-24-26/h1-24H. The van der Waals surface area contributed by atoms with E-state index in [-0.39, 0.29) is 0 Å². The molecule has 188 valence electrons. The molecule has 0 saturated heterocycles. The van der Waals surface area contributed by atoms with Crippen molar-refractivity contribution in [3.63, 3.8) is 0 Å². The van der Waals surface area contributed by atoms with E-state index in [1.165, 1.54) is 27.2 Å². The summed E-state index contributed by atoms with van der Waals surface area (Å²) in [4.78, 5) is 8.75. The fourth-order valence-corrected chi connectivity index (χ4v) is 5.90. The molecule has 0 aliphatic rings. The predicted molar refractivity (Wildman–Crippen MR) is 164 cm³/mol. The molecule has 4 aromatic carbocycles. The lowest BCUT2D eigenvalue weighted by Crippen LogP contribution is -1.96. The summed E-state index contributed by atoms with van der Waals surface area (Å²) in [6.45, 7) is 0. The third-order valence-electron chi connectivity index (χ3n) is 7.70. The van der Waals surface area contributed by atoms with Crippen molar-refractivity contribution in [1.82, 2.24) is 19.1 Å². The molecule has 4 aromatic heterocycles. The highest BCUT2D eigenvalue weighted by atomic mass is 15.0. The highest BCUT2D eigenvalue weighted by Crippen LogP contribution is 2.38. The topological polar surface area (TPSA) is 35.6 Å². The molecule has 8 aromatic rings. The lowest BCUT2D eigenvalue weighted by atomic mass is 9.99. The molecular formula is C36H24N4. The van der Waals surface area contributed by atoms with Gasteiger partial charge in [0, 0.05) is 69.6 Å². The van der Waals surface area contributed by atoms with E-state index in [0.717, 1.165) is 39.1 Å². The van der Waals surface area contributed by atoms with Crippen molar-refractivity contribution in [2.24, 2.45) is 0 Å². The van der Waals surface area contributed by atoms with Crippen LogP contribution in [-0.4, -0.2) is 19.1 Å². The number of para-hydroxylation sites is 2. The molecular weight excluding hydrogens is 488 g/mol. The Kier molecular flexibility index (Phi) is 5.10. The van der Waals surface area contributed by atoms with Crippen LogP contribution in [0.25, 0.3) is 66.3 Å². The van der Waals surface area contributed by atoms with Gasteiger partial charge in [-0.05, 0) is 71.8 Å². The summed E-state index contributed by atoms with van der Waals surface area (Å²) in [5, 5.41) is 3.73. The molecule has 0 spiro atoms. The van der Waals surface area contributed by atoms with E-state index in [4.69, 9.17) is 0 Å². The molecule has 0 aliphatic carbocycles. The molecule has 0 radical (unpaired) electrons. The molecule has 0 atom stereocenters. The number of hydrogen-bond donors (Lipinski definition) is 0. The first-order valence-electron chi connectivity index (χ1n) is 13.4. The molecule has 0 amide bonds. The summed E-state index contributed by atoms with van der Waals surface area (Å²) in [6.07, 6.45) is 9.65. The summed E-state index contributed by atoms with van der Waals surface area (Å²) < 4.78 is 4.69. The van der Waals surface area contributed by atoms with Crippen LogP contribution in [0.2, 0.25) is 0 Å². The van der Waals surface area contributed by atoms with E-state index in [1.807, 2.05) is 36.9 Å². The predicted octanol–water partition coefficient (Wildman–Crippen LogP) is 8.85. The number of rotatable bonds is 4. The van der Waals surface area contributed by atoms with Gasteiger partial charge in [-0.1, -0.05) is 54.6 Å². The Bertz CT molecular complexity index is 2080. The third-order valence-corrected chi connectivity index (χ3v) is 7.70. The van der Waals surface area contributed by atoms with Crippen molar-refractivity contribution < 1.29 is 0 Å². The van der Waals surface area contributed by atoms with Crippen LogP contribution in [0.1, 0.15) is 0 Å². The first-order chi connectivity index (χ1) is 19.8. The van der Waals surface area contributed by atoms with Crippen molar-refractivity contribution in [2.75, 3.05) is 0 Å². The van der Waals surface area contributed by atoms with Crippen LogP contribution in [0.5, 0.6) is 0 Å².